The lowest BCUT2D eigenvalue weighted by atomic mass is 10.1. The molecule has 0 amide bonds. The second-order valence-corrected chi connectivity index (χ2v) is 5.80. The molecule has 4 aromatic rings. The van der Waals surface area contributed by atoms with Gasteiger partial charge >= 0.3 is 5.69 Å². The quantitative estimate of drug-likeness (QED) is 0.597. The summed E-state index contributed by atoms with van der Waals surface area (Å²) in [6, 6.07) is 14.5. The van der Waals surface area contributed by atoms with E-state index in [0.29, 0.717) is 28.5 Å². The predicted molar refractivity (Wildman–Crippen MR) is 102 cm³/mol. The molecule has 0 aliphatic carbocycles. The first kappa shape index (κ1) is 16.6. The first-order valence-corrected chi connectivity index (χ1v) is 8.18. The highest BCUT2D eigenvalue weighted by Crippen LogP contribution is 2.32. The highest BCUT2D eigenvalue weighted by Gasteiger charge is 2.15. The Morgan fingerprint density at radius 3 is 2.44 bits per heavy atom. The van der Waals surface area contributed by atoms with Crippen LogP contribution >= 0.6 is 0 Å². The van der Waals surface area contributed by atoms with Crippen LogP contribution in [0.2, 0.25) is 0 Å². The van der Waals surface area contributed by atoms with E-state index in [2.05, 4.69) is 10.1 Å². The second-order valence-electron chi connectivity index (χ2n) is 5.80. The molecule has 136 valence electrons. The third-order valence-electron chi connectivity index (χ3n) is 4.21. The number of hydrogen-bond acceptors (Lipinski definition) is 6. The van der Waals surface area contributed by atoms with E-state index in [1.54, 1.807) is 44.7 Å². The van der Waals surface area contributed by atoms with Crippen molar-refractivity contribution in [2.75, 3.05) is 20.0 Å². The standard InChI is InChI=1S/C19H17N5O3/c1-26-15-9-8-12(10-16(15)27-2)14-11-23-18(17(20)21-14)22-24(19(23)25)13-6-4-3-5-7-13/h3-11H,1-2H3,(H2,20,21). The maximum atomic E-state index is 12.8. The number of methoxy groups -OCH3 is 2. The number of nitrogens with zero attached hydrogens (tertiary/aromatic N) is 4. The van der Waals surface area contributed by atoms with Gasteiger partial charge in [0.15, 0.2) is 17.3 Å². The molecule has 0 bridgehead atoms. The molecular formula is C19H17N5O3. The number of anilines is 1. The first-order chi connectivity index (χ1) is 13.1. The van der Waals surface area contributed by atoms with E-state index >= 15 is 0 Å². The van der Waals surface area contributed by atoms with E-state index in [1.165, 1.54) is 9.08 Å². The van der Waals surface area contributed by atoms with Crippen molar-refractivity contribution < 1.29 is 9.47 Å². The van der Waals surface area contributed by atoms with Gasteiger partial charge in [0.25, 0.3) is 0 Å². The number of nitrogens with two attached hydrogens (primary N) is 1. The van der Waals surface area contributed by atoms with Gasteiger partial charge in [-0.15, -0.1) is 5.10 Å². The number of ether oxygens (including phenoxy) is 2. The van der Waals surface area contributed by atoms with Crippen LogP contribution in [0, 0.1) is 0 Å². The third-order valence-corrected chi connectivity index (χ3v) is 4.21. The molecule has 0 saturated heterocycles. The average molecular weight is 363 g/mol. The molecule has 2 aromatic heterocycles. The highest BCUT2D eigenvalue weighted by atomic mass is 16.5. The summed E-state index contributed by atoms with van der Waals surface area (Å²) in [5.41, 5.74) is 7.96. The molecule has 8 heteroatoms. The molecule has 2 heterocycles. The van der Waals surface area contributed by atoms with Gasteiger partial charge in [0.05, 0.1) is 25.6 Å². The summed E-state index contributed by atoms with van der Waals surface area (Å²) in [5.74, 6) is 1.32. The zero-order valence-electron chi connectivity index (χ0n) is 14.8. The van der Waals surface area contributed by atoms with Gasteiger partial charge in [-0.05, 0) is 30.3 Å². The summed E-state index contributed by atoms with van der Waals surface area (Å²) in [6.07, 6.45) is 1.61. The van der Waals surface area contributed by atoms with Crippen LogP contribution in [0.25, 0.3) is 22.6 Å². The van der Waals surface area contributed by atoms with Crippen LogP contribution in [0.3, 0.4) is 0 Å². The number of rotatable bonds is 4. The number of aromatic nitrogens is 4. The van der Waals surface area contributed by atoms with Crippen LogP contribution in [-0.2, 0) is 0 Å². The average Bonchev–Trinajstić information content (AvgIpc) is 3.05. The Kier molecular flexibility index (Phi) is 4.00. The zero-order chi connectivity index (χ0) is 19.0. The normalized spacial score (nSPS) is 10.9. The van der Waals surface area contributed by atoms with Crippen molar-refractivity contribution in [1.82, 2.24) is 19.2 Å². The van der Waals surface area contributed by atoms with Gasteiger partial charge in [0.1, 0.15) is 0 Å². The largest absolute Gasteiger partial charge is 0.493 e. The molecule has 0 fully saturated rings. The summed E-state index contributed by atoms with van der Waals surface area (Å²) < 4.78 is 13.3. The highest BCUT2D eigenvalue weighted by molar-refractivity contribution is 5.69. The van der Waals surface area contributed by atoms with E-state index < -0.39 is 0 Å². The van der Waals surface area contributed by atoms with E-state index in [-0.39, 0.29) is 11.5 Å². The summed E-state index contributed by atoms with van der Waals surface area (Å²) in [6.45, 7) is 0. The molecule has 27 heavy (non-hydrogen) atoms. The zero-order valence-corrected chi connectivity index (χ0v) is 14.8. The van der Waals surface area contributed by atoms with Gasteiger partial charge in [-0.2, -0.15) is 4.68 Å². The van der Waals surface area contributed by atoms with Gasteiger partial charge in [-0.25, -0.2) is 14.2 Å². The molecule has 0 saturated carbocycles. The minimum atomic E-state index is -0.327. The number of benzene rings is 2. The first-order valence-electron chi connectivity index (χ1n) is 8.18. The Hall–Kier alpha value is -3.81. The fourth-order valence-corrected chi connectivity index (χ4v) is 2.87. The third kappa shape index (κ3) is 2.77. The summed E-state index contributed by atoms with van der Waals surface area (Å²) in [4.78, 5) is 17.2. The lowest BCUT2D eigenvalue weighted by Crippen LogP contribution is -2.19. The van der Waals surface area contributed by atoms with Crippen molar-refractivity contribution >= 4 is 11.5 Å². The van der Waals surface area contributed by atoms with Crippen LogP contribution in [-0.4, -0.2) is 33.4 Å². The number of nitrogen functional groups attached to an aromatic ring is 1. The van der Waals surface area contributed by atoms with Crippen LogP contribution in [0.4, 0.5) is 5.82 Å². The van der Waals surface area contributed by atoms with Gasteiger partial charge in [-0.3, -0.25) is 0 Å². The van der Waals surface area contributed by atoms with Crippen LogP contribution in [0.5, 0.6) is 11.5 Å². The Morgan fingerprint density at radius 2 is 1.74 bits per heavy atom. The molecule has 0 atom stereocenters. The fraction of sp³-hybridized carbons (Fsp3) is 0.105. The van der Waals surface area contributed by atoms with E-state index in [0.717, 1.165) is 5.56 Å². The van der Waals surface area contributed by atoms with Gasteiger partial charge in [0, 0.05) is 11.8 Å². The SMILES string of the molecule is COc1ccc(-c2cn3c(=O)n(-c4ccccc4)nc3c(N)n2)cc1OC. The second kappa shape index (κ2) is 6.49. The van der Waals surface area contributed by atoms with E-state index in [1.807, 2.05) is 24.3 Å². The Labute approximate surface area is 154 Å². The van der Waals surface area contributed by atoms with Crippen LogP contribution in [0.1, 0.15) is 0 Å². The smallest absolute Gasteiger partial charge is 0.355 e. The number of hydrogen-bond donors (Lipinski definition) is 1. The summed E-state index contributed by atoms with van der Waals surface area (Å²) in [5, 5.41) is 4.31. The minimum absolute atomic E-state index is 0.161. The van der Waals surface area contributed by atoms with Gasteiger partial charge in [0.2, 0.25) is 5.65 Å². The Bertz CT molecular complexity index is 1180. The van der Waals surface area contributed by atoms with Crippen molar-refractivity contribution in [1.29, 1.82) is 0 Å². The predicted octanol–water partition coefficient (Wildman–Crippen LogP) is 2.15. The Balaban J connectivity index is 1.90. The van der Waals surface area contributed by atoms with Gasteiger partial charge < -0.3 is 15.2 Å². The Morgan fingerprint density at radius 1 is 1.00 bits per heavy atom. The summed E-state index contributed by atoms with van der Waals surface area (Å²) >= 11 is 0. The van der Waals surface area contributed by atoms with Crippen LogP contribution in [0.15, 0.2) is 59.5 Å². The molecule has 0 aliphatic heterocycles. The lowest BCUT2D eigenvalue weighted by Gasteiger charge is -2.09. The number of fused-ring (bicyclic) bond motifs is 1. The monoisotopic (exact) mass is 363 g/mol. The lowest BCUT2D eigenvalue weighted by molar-refractivity contribution is 0.355. The van der Waals surface area contributed by atoms with Crippen molar-refractivity contribution in [2.24, 2.45) is 0 Å². The summed E-state index contributed by atoms with van der Waals surface area (Å²) in [7, 11) is 3.12. The minimum Gasteiger partial charge on any atom is -0.493 e. The molecular weight excluding hydrogens is 346 g/mol. The van der Waals surface area contributed by atoms with Crippen molar-refractivity contribution in [3.8, 4) is 28.4 Å². The van der Waals surface area contributed by atoms with Crippen molar-refractivity contribution in [2.45, 2.75) is 0 Å². The van der Waals surface area contributed by atoms with Crippen LogP contribution < -0.4 is 20.9 Å². The molecule has 0 radical (unpaired) electrons. The topological polar surface area (TPSA) is 96.7 Å². The van der Waals surface area contributed by atoms with Crippen molar-refractivity contribution in [3.63, 3.8) is 0 Å². The van der Waals surface area contributed by atoms with Crippen molar-refractivity contribution in [3.05, 3.63) is 65.2 Å². The molecule has 8 nitrogen and oxygen atoms in total. The maximum absolute atomic E-state index is 12.8. The molecule has 0 unspecified atom stereocenters. The molecule has 0 aliphatic rings. The number of para-hydroxylation sites is 1. The molecule has 4 rings (SSSR count). The fourth-order valence-electron chi connectivity index (χ4n) is 2.87. The maximum Gasteiger partial charge on any atom is 0.355 e. The van der Waals surface area contributed by atoms with E-state index in [4.69, 9.17) is 15.2 Å². The molecule has 2 N–H and O–H groups in total. The molecule has 2 aromatic carbocycles. The molecule has 0 spiro atoms. The van der Waals surface area contributed by atoms with Gasteiger partial charge in [-0.1, -0.05) is 18.2 Å². The van der Waals surface area contributed by atoms with E-state index in [9.17, 15) is 4.79 Å².